The van der Waals surface area contributed by atoms with Crippen LogP contribution >= 0.6 is 0 Å². The highest BCUT2D eigenvalue weighted by atomic mass is 16.1. The highest BCUT2D eigenvalue weighted by Crippen LogP contribution is 2.36. The molecule has 2 fully saturated rings. The quantitative estimate of drug-likeness (QED) is 0.591. The van der Waals surface area contributed by atoms with E-state index in [1.165, 1.54) is 32.5 Å². The molecule has 1 aliphatic heterocycles. The maximum absolute atomic E-state index is 8.00. The maximum Gasteiger partial charge on any atom is 0.106 e. The van der Waals surface area contributed by atoms with Crippen LogP contribution in [0.5, 0.6) is 0 Å². The summed E-state index contributed by atoms with van der Waals surface area (Å²) in [5.74, 6) is 1.03. The van der Waals surface area contributed by atoms with E-state index < -0.39 is 0 Å². The van der Waals surface area contributed by atoms with E-state index in [2.05, 4.69) is 23.9 Å². The first-order valence-electron chi connectivity index (χ1n) is 4.95. The minimum absolute atomic E-state index is 0.869. The minimum Gasteiger partial charge on any atom is -0.307 e. The fraction of sp³-hybridized carbons (Fsp3) is 0.900. The Kier molecular flexibility index (Phi) is 3.88. The predicted octanol–water partition coefficient (Wildman–Crippen LogP) is 0.457. The molecule has 1 atom stereocenters. The van der Waals surface area contributed by atoms with Crippen molar-refractivity contribution in [3.05, 3.63) is 0 Å². The molecular formula is C10H20N2O. The van der Waals surface area contributed by atoms with Crippen LogP contribution in [0.2, 0.25) is 0 Å². The zero-order chi connectivity index (χ0) is 9.84. The molecular weight excluding hydrogens is 164 g/mol. The van der Waals surface area contributed by atoms with E-state index in [1.807, 2.05) is 6.79 Å². The van der Waals surface area contributed by atoms with Crippen molar-refractivity contribution < 1.29 is 4.79 Å². The first kappa shape index (κ1) is 10.7. The van der Waals surface area contributed by atoms with E-state index in [0.717, 1.165) is 12.0 Å². The van der Waals surface area contributed by atoms with Gasteiger partial charge in [0.2, 0.25) is 0 Å². The van der Waals surface area contributed by atoms with E-state index in [0.29, 0.717) is 0 Å². The van der Waals surface area contributed by atoms with Crippen LogP contribution in [0.1, 0.15) is 12.8 Å². The molecule has 1 saturated heterocycles. The van der Waals surface area contributed by atoms with Gasteiger partial charge in [-0.15, -0.1) is 0 Å². The molecule has 0 spiro atoms. The molecule has 3 heteroatoms. The van der Waals surface area contributed by atoms with Gasteiger partial charge in [-0.25, -0.2) is 0 Å². The highest BCUT2D eigenvalue weighted by Gasteiger charge is 2.36. The first-order chi connectivity index (χ1) is 6.27. The van der Waals surface area contributed by atoms with Gasteiger partial charge in [0.25, 0.3) is 0 Å². The number of carbonyl (C=O) groups excluding carboxylic acids is 1. The number of nitrogens with zero attached hydrogens (tertiary/aromatic N) is 2. The first-order valence-corrected chi connectivity index (χ1v) is 4.95. The standard InChI is InChI=1S/C9H18N2.CH2O/c1-10-5-6-11(2)9(7-10)8-3-4-8;1-2/h8-9H,3-7H2,1-2H3;1H2. The fourth-order valence-corrected chi connectivity index (χ4v) is 2.03. The van der Waals surface area contributed by atoms with Gasteiger partial charge in [-0.1, -0.05) is 0 Å². The van der Waals surface area contributed by atoms with E-state index in [9.17, 15) is 0 Å². The lowest BCUT2D eigenvalue weighted by atomic mass is 10.1. The summed E-state index contributed by atoms with van der Waals surface area (Å²) < 4.78 is 0. The molecule has 0 amide bonds. The van der Waals surface area contributed by atoms with Crippen molar-refractivity contribution in [1.29, 1.82) is 0 Å². The normalized spacial score (nSPS) is 30.8. The molecule has 0 aromatic heterocycles. The van der Waals surface area contributed by atoms with Gasteiger partial charge >= 0.3 is 0 Å². The Morgan fingerprint density at radius 2 is 1.77 bits per heavy atom. The van der Waals surface area contributed by atoms with Gasteiger partial charge in [-0.05, 0) is 32.9 Å². The second-order valence-electron chi connectivity index (χ2n) is 4.15. The van der Waals surface area contributed by atoms with E-state index in [4.69, 9.17) is 4.79 Å². The summed E-state index contributed by atoms with van der Waals surface area (Å²) in [5.41, 5.74) is 0. The molecule has 0 aromatic rings. The van der Waals surface area contributed by atoms with E-state index >= 15 is 0 Å². The number of piperazine rings is 1. The Morgan fingerprint density at radius 1 is 1.15 bits per heavy atom. The van der Waals surface area contributed by atoms with Gasteiger partial charge in [-0.2, -0.15) is 0 Å². The van der Waals surface area contributed by atoms with E-state index in [-0.39, 0.29) is 0 Å². The second kappa shape index (κ2) is 4.72. The minimum atomic E-state index is 0.869. The Balaban J connectivity index is 0.000000396. The topological polar surface area (TPSA) is 23.6 Å². The molecule has 2 rings (SSSR count). The van der Waals surface area contributed by atoms with Crippen molar-refractivity contribution in [3.63, 3.8) is 0 Å². The van der Waals surface area contributed by atoms with Crippen LogP contribution < -0.4 is 0 Å². The van der Waals surface area contributed by atoms with Crippen LogP contribution in [0, 0.1) is 5.92 Å². The average Bonchev–Trinajstić information content (AvgIpc) is 2.96. The summed E-state index contributed by atoms with van der Waals surface area (Å²) in [5, 5.41) is 0. The Bertz CT molecular complexity index is 159. The molecule has 1 unspecified atom stereocenters. The maximum atomic E-state index is 8.00. The van der Waals surface area contributed by atoms with Crippen molar-refractivity contribution in [2.24, 2.45) is 5.92 Å². The molecule has 0 radical (unpaired) electrons. The Hall–Kier alpha value is -0.410. The van der Waals surface area contributed by atoms with Crippen LogP contribution in [0.15, 0.2) is 0 Å². The Labute approximate surface area is 80.7 Å². The smallest absolute Gasteiger partial charge is 0.106 e. The third-order valence-electron chi connectivity index (χ3n) is 3.07. The van der Waals surface area contributed by atoms with Gasteiger partial charge < -0.3 is 14.6 Å². The zero-order valence-corrected chi connectivity index (χ0v) is 8.70. The molecule has 0 bridgehead atoms. The molecule has 76 valence electrons. The van der Waals surface area contributed by atoms with Gasteiger partial charge in [0, 0.05) is 25.7 Å². The van der Waals surface area contributed by atoms with Gasteiger partial charge in [0.1, 0.15) is 6.79 Å². The SMILES string of the molecule is C=O.CN1CCN(C)C(C2CC2)C1. The molecule has 0 N–H and O–H groups in total. The molecule has 13 heavy (non-hydrogen) atoms. The summed E-state index contributed by atoms with van der Waals surface area (Å²) >= 11 is 0. The van der Waals surface area contributed by atoms with Gasteiger partial charge in [0.05, 0.1) is 0 Å². The number of hydrogen-bond donors (Lipinski definition) is 0. The summed E-state index contributed by atoms with van der Waals surface area (Å²) in [6.45, 7) is 5.80. The Morgan fingerprint density at radius 3 is 2.31 bits per heavy atom. The summed E-state index contributed by atoms with van der Waals surface area (Å²) in [4.78, 5) is 13.0. The second-order valence-corrected chi connectivity index (χ2v) is 4.15. The lowest BCUT2D eigenvalue weighted by Crippen LogP contribution is -2.50. The molecule has 1 aliphatic carbocycles. The number of likely N-dealkylation sites (N-methyl/N-ethyl adjacent to an activating group) is 2. The molecule has 0 aromatic carbocycles. The molecule has 2 aliphatic rings. The molecule has 1 heterocycles. The predicted molar refractivity (Wildman–Crippen MR) is 53.8 cm³/mol. The number of carbonyl (C=O) groups is 1. The lowest BCUT2D eigenvalue weighted by molar-refractivity contribution is -0.0979. The van der Waals surface area contributed by atoms with Crippen LogP contribution in [0.25, 0.3) is 0 Å². The third-order valence-corrected chi connectivity index (χ3v) is 3.07. The lowest BCUT2D eigenvalue weighted by Gasteiger charge is -2.37. The van der Waals surface area contributed by atoms with Crippen molar-refractivity contribution in [2.75, 3.05) is 33.7 Å². The van der Waals surface area contributed by atoms with Crippen LogP contribution in [-0.2, 0) is 4.79 Å². The summed E-state index contributed by atoms with van der Waals surface area (Å²) in [6.07, 6.45) is 2.95. The fourth-order valence-electron chi connectivity index (χ4n) is 2.03. The van der Waals surface area contributed by atoms with Gasteiger partial charge in [-0.3, -0.25) is 0 Å². The van der Waals surface area contributed by atoms with Gasteiger partial charge in [0.15, 0.2) is 0 Å². The van der Waals surface area contributed by atoms with Crippen molar-refractivity contribution in [2.45, 2.75) is 18.9 Å². The van der Waals surface area contributed by atoms with Crippen molar-refractivity contribution >= 4 is 6.79 Å². The van der Waals surface area contributed by atoms with Crippen LogP contribution in [-0.4, -0.2) is 56.4 Å². The number of hydrogen-bond acceptors (Lipinski definition) is 3. The molecule has 1 saturated carbocycles. The monoisotopic (exact) mass is 184 g/mol. The van der Waals surface area contributed by atoms with Crippen LogP contribution in [0.4, 0.5) is 0 Å². The average molecular weight is 184 g/mol. The zero-order valence-electron chi connectivity index (χ0n) is 8.70. The van der Waals surface area contributed by atoms with Crippen LogP contribution in [0.3, 0.4) is 0 Å². The third kappa shape index (κ3) is 2.78. The highest BCUT2D eigenvalue weighted by molar-refractivity contribution is 5.11. The van der Waals surface area contributed by atoms with E-state index in [1.54, 1.807) is 0 Å². The largest absolute Gasteiger partial charge is 0.307 e. The summed E-state index contributed by atoms with van der Waals surface area (Å²) in [7, 11) is 4.51. The summed E-state index contributed by atoms with van der Waals surface area (Å²) in [6, 6.07) is 0.869. The van der Waals surface area contributed by atoms with Crippen molar-refractivity contribution in [3.8, 4) is 0 Å². The number of rotatable bonds is 1. The molecule has 3 nitrogen and oxygen atoms in total. The van der Waals surface area contributed by atoms with Crippen molar-refractivity contribution in [1.82, 2.24) is 9.80 Å².